The fourth-order valence-corrected chi connectivity index (χ4v) is 5.88. The zero-order valence-corrected chi connectivity index (χ0v) is 19.1. The van der Waals surface area contributed by atoms with Crippen LogP contribution in [-0.4, -0.2) is 58.0 Å². The van der Waals surface area contributed by atoms with Crippen LogP contribution < -0.4 is 15.0 Å². The van der Waals surface area contributed by atoms with Gasteiger partial charge < -0.3 is 15.0 Å². The van der Waals surface area contributed by atoms with Crippen molar-refractivity contribution < 1.29 is 22.8 Å². The summed E-state index contributed by atoms with van der Waals surface area (Å²) in [7, 11) is -3.70. The highest BCUT2D eigenvalue weighted by atomic mass is 32.2. The second-order valence-electron chi connectivity index (χ2n) is 8.01. The molecule has 8 heteroatoms. The number of carbonyl (C=O) groups is 1. The molecule has 0 saturated carbocycles. The molecular formula is C21H36N3O4S+. The number of carbonyl (C=O) groups excluding carboxylic acids is 1. The average molecular weight is 427 g/mol. The minimum Gasteiger partial charge on any atom is -0.492 e. The van der Waals surface area contributed by atoms with E-state index in [2.05, 4.69) is 19.2 Å². The van der Waals surface area contributed by atoms with E-state index in [4.69, 9.17) is 4.74 Å². The van der Waals surface area contributed by atoms with E-state index in [-0.39, 0.29) is 10.8 Å². The Morgan fingerprint density at radius 2 is 1.79 bits per heavy atom. The predicted molar refractivity (Wildman–Crippen MR) is 115 cm³/mol. The molecular weight excluding hydrogens is 390 g/mol. The molecule has 0 spiro atoms. The molecule has 0 aliphatic carbocycles. The van der Waals surface area contributed by atoms with Crippen molar-refractivity contribution in [1.29, 1.82) is 0 Å². The van der Waals surface area contributed by atoms with Gasteiger partial charge in [0, 0.05) is 30.6 Å². The van der Waals surface area contributed by atoms with Crippen molar-refractivity contribution in [2.75, 3.05) is 44.6 Å². The molecule has 1 aliphatic rings. The Labute approximate surface area is 175 Å². The summed E-state index contributed by atoms with van der Waals surface area (Å²) in [5, 5.41) is 2.88. The van der Waals surface area contributed by atoms with Crippen molar-refractivity contribution in [3.05, 3.63) is 18.2 Å². The summed E-state index contributed by atoms with van der Waals surface area (Å²) < 4.78 is 33.0. The van der Waals surface area contributed by atoms with Gasteiger partial charge in [-0.25, -0.2) is 8.42 Å². The van der Waals surface area contributed by atoms with E-state index in [1.54, 1.807) is 26.0 Å². The van der Waals surface area contributed by atoms with E-state index in [1.807, 2.05) is 6.92 Å². The number of hydrogen-bond acceptors (Lipinski definition) is 4. The minimum atomic E-state index is -3.70. The molecule has 1 heterocycles. The van der Waals surface area contributed by atoms with Gasteiger partial charge in [0.25, 0.3) is 5.91 Å². The van der Waals surface area contributed by atoms with Crippen molar-refractivity contribution in [3.8, 4) is 5.75 Å². The van der Waals surface area contributed by atoms with Crippen LogP contribution in [0.2, 0.25) is 0 Å². The first-order valence-electron chi connectivity index (χ1n) is 10.6. The highest BCUT2D eigenvalue weighted by molar-refractivity contribution is 7.89. The molecule has 1 aromatic carbocycles. The summed E-state index contributed by atoms with van der Waals surface area (Å²) in [5.41, 5.74) is 0.474. The zero-order valence-electron chi connectivity index (χ0n) is 18.3. The maximum atomic E-state index is 13.0. The summed E-state index contributed by atoms with van der Waals surface area (Å²) in [6, 6.07) is 4.82. The Bertz CT molecular complexity index is 783. The van der Waals surface area contributed by atoms with Crippen LogP contribution in [0.4, 0.5) is 5.69 Å². The lowest BCUT2D eigenvalue weighted by atomic mass is 9.92. The van der Waals surface area contributed by atoms with E-state index in [1.165, 1.54) is 21.7 Å². The van der Waals surface area contributed by atoms with Crippen LogP contribution >= 0.6 is 0 Å². The molecule has 0 aromatic heterocycles. The molecule has 164 valence electrons. The minimum absolute atomic E-state index is 0.0911. The second-order valence-corrected chi connectivity index (χ2v) is 9.92. The van der Waals surface area contributed by atoms with Crippen LogP contribution in [0.1, 0.15) is 41.0 Å². The predicted octanol–water partition coefficient (Wildman–Crippen LogP) is 1.62. The number of sulfonamides is 1. The molecule has 1 aromatic rings. The Kier molecular flexibility index (Phi) is 8.48. The molecule has 2 atom stereocenters. The van der Waals surface area contributed by atoms with Crippen molar-refractivity contribution in [1.82, 2.24) is 4.31 Å². The van der Waals surface area contributed by atoms with Gasteiger partial charge >= 0.3 is 0 Å². The summed E-state index contributed by atoms with van der Waals surface area (Å²) in [5.74, 6) is 1.43. The lowest BCUT2D eigenvalue weighted by Gasteiger charge is -2.31. The fraction of sp³-hybridized carbons (Fsp3) is 0.667. The lowest BCUT2D eigenvalue weighted by molar-refractivity contribution is -0.904. The van der Waals surface area contributed by atoms with Gasteiger partial charge in [-0.2, -0.15) is 4.31 Å². The number of benzene rings is 1. The molecule has 0 unspecified atom stereocenters. The van der Waals surface area contributed by atoms with Crippen molar-refractivity contribution in [3.63, 3.8) is 0 Å². The summed E-state index contributed by atoms with van der Waals surface area (Å²) >= 11 is 0. The van der Waals surface area contributed by atoms with Crippen LogP contribution in [0.5, 0.6) is 5.75 Å². The molecule has 29 heavy (non-hydrogen) atoms. The topological polar surface area (TPSA) is 80.1 Å². The van der Waals surface area contributed by atoms with Crippen LogP contribution in [0.15, 0.2) is 23.1 Å². The third kappa shape index (κ3) is 6.17. The van der Waals surface area contributed by atoms with Gasteiger partial charge in [0.15, 0.2) is 6.54 Å². The molecule has 1 fully saturated rings. The second kappa shape index (κ2) is 10.4. The number of quaternary nitrogens is 1. The van der Waals surface area contributed by atoms with E-state index >= 15 is 0 Å². The molecule has 0 bridgehead atoms. The maximum absolute atomic E-state index is 13.0. The largest absolute Gasteiger partial charge is 0.492 e. The summed E-state index contributed by atoms with van der Waals surface area (Å²) in [6.07, 6.45) is 1.20. The number of nitrogens with one attached hydrogen (secondary N) is 2. The highest BCUT2D eigenvalue weighted by Gasteiger charge is 2.28. The molecule has 0 radical (unpaired) electrons. The van der Waals surface area contributed by atoms with Crippen LogP contribution in [0.25, 0.3) is 0 Å². The van der Waals surface area contributed by atoms with Crippen molar-refractivity contribution in [2.45, 2.75) is 45.9 Å². The molecule has 2 rings (SSSR count). The Morgan fingerprint density at radius 1 is 1.17 bits per heavy atom. The first-order chi connectivity index (χ1) is 13.7. The quantitative estimate of drug-likeness (QED) is 0.629. The Balaban J connectivity index is 2.20. The smallest absolute Gasteiger partial charge is 0.279 e. The van der Waals surface area contributed by atoms with E-state index < -0.39 is 10.0 Å². The number of hydrogen-bond donors (Lipinski definition) is 2. The van der Waals surface area contributed by atoms with Gasteiger partial charge in [-0.05, 0) is 31.5 Å². The Morgan fingerprint density at radius 3 is 2.34 bits per heavy atom. The van der Waals surface area contributed by atoms with Crippen LogP contribution in [0.3, 0.4) is 0 Å². The Hall–Kier alpha value is -1.64. The number of anilines is 1. The number of nitrogens with zero attached hydrogens (tertiary/aromatic N) is 1. The van der Waals surface area contributed by atoms with E-state index in [0.29, 0.717) is 49.5 Å². The van der Waals surface area contributed by atoms with Crippen LogP contribution in [0, 0.1) is 11.8 Å². The van der Waals surface area contributed by atoms with Gasteiger partial charge in [-0.1, -0.05) is 27.7 Å². The summed E-state index contributed by atoms with van der Waals surface area (Å²) in [4.78, 5) is 14.0. The number of rotatable bonds is 9. The first-order valence-corrected chi connectivity index (χ1v) is 12.1. The standard InChI is InChI=1S/C21H35N3O4S/c1-6-24(7-2)29(26,27)20-12-18(9-10-19(20)28-8-3)22-21(25)15-23-13-16(4)11-17(5)14-23/h9-10,12,16-17H,6-8,11,13-15H2,1-5H3,(H,22,25)/p+1/t16-,17-/m1/s1. The number of likely N-dealkylation sites (tertiary alicyclic amines) is 1. The molecule has 7 nitrogen and oxygen atoms in total. The van der Waals surface area contributed by atoms with Gasteiger partial charge in [-0.15, -0.1) is 0 Å². The van der Waals surface area contributed by atoms with Gasteiger partial charge in [0.2, 0.25) is 10.0 Å². The number of amides is 1. The number of piperidine rings is 1. The molecule has 1 amide bonds. The van der Waals surface area contributed by atoms with Gasteiger partial charge in [0.1, 0.15) is 10.6 Å². The highest BCUT2D eigenvalue weighted by Crippen LogP contribution is 2.30. The third-order valence-corrected chi connectivity index (χ3v) is 7.41. The van der Waals surface area contributed by atoms with Crippen molar-refractivity contribution >= 4 is 21.6 Å². The molecule has 1 aliphatic heterocycles. The van der Waals surface area contributed by atoms with Crippen molar-refractivity contribution in [2.24, 2.45) is 11.8 Å². The van der Waals surface area contributed by atoms with Gasteiger partial charge in [-0.3, -0.25) is 4.79 Å². The molecule has 1 saturated heterocycles. The molecule has 2 N–H and O–H groups in total. The zero-order chi connectivity index (χ0) is 21.6. The normalized spacial score (nSPS) is 22.5. The maximum Gasteiger partial charge on any atom is 0.279 e. The SMILES string of the molecule is CCOc1ccc(NC(=O)C[NH+]2C[C@H](C)C[C@@H](C)C2)cc1S(=O)(=O)N(CC)CC. The first kappa shape index (κ1) is 23.6. The lowest BCUT2D eigenvalue weighted by Crippen LogP contribution is -3.15. The average Bonchev–Trinajstić information content (AvgIpc) is 2.63. The third-order valence-electron chi connectivity index (χ3n) is 5.34. The van der Waals surface area contributed by atoms with Crippen LogP contribution in [-0.2, 0) is 14.8 Å². The number of ether oxygens (including phenoxy) is 1. The monoisotopic (exact) mass is 426 g/mol. The fourth-order valence-electron chi connectivity index (χ4n) is 4.26. The van der Waals surface area contributed by atoms with E-state index in [0.717, 1.165) is 13.1 Å². The van der Waals surface area contributed by atoms with E-state index in [9.17, 15) is 13.2 Å². The summed E-state index contributed by atoms with van der Waals surface area (Å²) in [6.45, 7) is 13.3. The van der Waals surface area contributed by atoms with Gasteiger partial charge in [0.05, 0.1) is 19.7 Å².